The van der Waals surface area contributed by atoms with Gasteiger partial charge in [0, 0.05) is 29.3 Å². The highest BCUT2D eigenvalue weighted by Crippen LogP contribution is 2.19. The van der Waals surface area contributed by atoms with E-state index in [1.54, 1.807) is 6.20 Å². The number of para-hydroxylation sites is 1. The first-order chi connectivity index (χ1) is 17.4. The molecule has 0 aliphatic carbocycles. The van der Waals surface area contributed by atoms with Gasteiger partial charge in [0.05, 0.1) is 6.04 Å². The molecule has 4 atom stereocenters. The number of carboxylic acid groups (broad SMARTS) is 1. The maximum absolute atomic E-state index is 13.3. The maximum Gasteiger partial charge on any atom is 0.326 e. The van der Waals surface area contributed by atoms with Crippen LogP contribution < -0.4 is 21.7 Å². The summed E-state index contributed by atoms with van der Waals surface area (Å²) < 4.78 is 0. The van der Waals surface area contributed by atoms with E-state index in [0.29, 0.717) is 6.42 Å². The SMILES string of the molecule is CC(C)CC(N)C(=O)NC(Cc1c[nH]c2ccccc12)C(=O)NC(CS)C(=O)NC(CC(C)C)C(=O)O. The number of aliphatic carboxylic acids is 1. The predicted molar refractivity (Wildman–Crippen MR) is 146 cm³/mol. The van der Waals surface area contributed by atoms with Crippen molar-refractivity contribution in [1.29, 1.82) is 0 Å². The monoisotopic (exact) mass is 533 g/mol. The summed E-state index contributed by atoms with van der Waals surface area (Å²) in [6.07, 6.45) is 2.61. The third-order valence-electron chi connectivity index (χ3n) is 5.93. The number of aromatic amines is 1. The second kappa shape index (κ2) is 14.0. The van der Waals surface area contributed by atoms with E-state index in [9.17, 15) is 24.3 Å². The largest absolute Gasteiger partial charge is 0.480 e. The summed E-state index contributed by atoms with van der Waals surface area (Å²) in [5.74, 6) is -2.72. The number of hydrogen-bond acceptors (Lipinski definition) is 6. The number of carbonyl (C=O) groups excluding carboxylic acids is 3. The molecule has 0 aliphatic rings. The molecule has 0 aliphatic heterocycles. The Hall–Kier alpha value is -3.05. The summed E-state index contributed by atoms with van der Waals surface area (Å²) in [7, 11) is 0. The van der Waals surface area contributed by atoms with E-state index < -0.39 is 47.9 Å². The molecule has 2 aromatic rings. The second-order valence-corrected chi connectivity index (χ2v) is 10.5. The van der Waals surface area contributed by atoms with Gasteiger partial charge in [-0.15, -0.1) is 0 Å². The first kappa shape index (κ1) is 30.2. The van der Waals surface area contributed by atoms with E-state index in [-0.39, 0.29) is 30.4 Å². The molecule has 0 saturated heterocycles. The molecule has 204 valence electrons. The van der Waals surface area contributed by atoms with E-state index in [0.717, 1.165) is 16.5 Å². The molecule has 0 bridgehead atoms. The van der Waals surface area contributed by atoms with Crippen LogP contribution in [0.5, 0.6) is 0 Å². The highest BCUT2D eigenvalue weighted by Gasteiger charge is 2.30. The van der Waals surface area contributed by atoms with E-state index >= 15 is 0 Å². The Bertz CT molecular complexity index is 1090. The fourth-order valence-corrected chi connectivity index (χ4v) is 4.31. The molecule has 10 nitrogen and oxygen atoms in total. The summed E-state index contributed by atoms with van der Waals surface area (Å²) in [6.45, 7) is 7.59. The van der Waals surface area contributed by atoms with Crippen molar-refractivity contribution in [3.63, 3.8) is 0 Å². The van der Waals surface area contributed by atoms with E-state index in [2.05, 4.69) is 33.6 Å². The van der Waals surface area contributed by atoms with Crippen molar-refractivity contribution in [1.82, 2.24) is 20.9 Å². The number of carboxylic acids is 1. The number of benzene rings is 1. The fourth-order valence-electron chi connectivity index (χ4n) is 4.05. The van der Waals surface area contributed by atoms with Crippen LogP contribution >= 0.6 is 12.6 Å². The van der Waals surface area contributed by atoms with Gasteiger partial charge >= 0.3 is 5.97 Å². The Kier molecular flexibility index (Phi) is 11.4. The molecule has 7 N–H and O–H groups in total. The van der Waals surface area contributed by atoms with Gasteiger partial charge in [0.2, 0.25) is 17.7 Å². The van der Waals surface area contributed by atoms with Gasteiger partial charge in [-0.05, 0) is 36.3 Å². The number of hydrogen-bond donors (Lipinski definition) is 7. The lowest BCUT2D eigenvalue weighted by atomic mass is 10.0. The van der Waals surface area contributed by atoms with Crippen molar-refractivity contribution in [3.8, 4) is 0 Å². The van der Waals surface area contributed by atoms with Crippen molar-refractivity contribution in [2.75, 3.05) is 5.75 Å². The van der Waals surface area contributed by atoms with Crippen molar-refractivity contribution in [2.24, 2.45) is 17.6 Å². The van der Waals surface area contributed by atoms with Crippen molar-refractivity contribution < 1.29 is 24.3 Å². The summed E-state index contributed by atoms with van der Waals surface area (Å²) in [4.78, 5) is 53.7. The van der Waals surface area contributed by atoms with E-state index in [4.69, 9.17) is 5.73 Å². The highest BCUT2D eigenvalue weighted by atomic mass is 32.1. The molecule has 1 heterocycles. The van der Waals surface area contributed by atoms with Gasteiger partial charge in [0.25, 0.3) is 0 Å². The lowest BCUT2D eigenvalue weighted by Gasteiger charge is -2.25. The van der Waals surface area contributed by atoms with E-state index in [1.807, 2.05) is 52.0 Å². The minimum absolute atomic E-state index is 0.0382. The number of thiol groups is 1. The predicted octanol–water partition coefficient (Wildman–Crippen LogP) is 1.60. The Morgan fingerprint density at radius 1 is 0.892 bits per heavy atom. The molecule has 1 aromatic carbocycles. The molecule has 0 fully saturated rings. The molecular weight excluding hydrogens is 494 g/mol. The maximum atomic E-state index is 13.3. The summed E-state index contributed by atoms with van der Waals surface area (Å²) >= 11 is 4.18. The number of nitrogens with one attached hydrogen (secondary N) is 4. The van der Waals surface area contributed by atoms with Crippen LogP contribution in [0.1, 0.15) is 46.1 Å². The number of H-pyrrole nitrogens is 1. The van der Waals surface area contributed by atoms with Gasteiger partial charge < -0.3 is 31.8 Å². The Balaban J connectivity index is 2.23. The highest BCUT2D eigenvalue weighted by molar-refractivity contribution is 7.80. The van der Waals surface area contributed by atoms with Crippen molar-refractivity contribution in [3.05, 3.63) is 36.0 Å². The number of fused-ring (bicyclic) bond motifs is 1. The average Bonchev–Trinajstić information content (AvgIpc) is 3.23. The van der Waals surface area contributed by atoms with Crippen LogP contribution in [0.2, 0.25) is 0 Å². The second-order valence-electron chi connectivity index (χ2n) is 10.1. The fraction of sp³-hybridized carbons (Fsp3) is 0.538. The van der Waals surface area contributed by atoms with Gasteiger partial charge in [0.1, 0.15) is 18.1 Å². The van der Waals surface area contributed by atoms with Crippen LogP contribution in [0, 0.1) is 11.8 Å². The molecule has 37 heavy (non-hydrogen) atoms. The molecule has 2 rings (SSSR count). The third-order valence-corrected chi connectivity index (χ3v) is 6.30. The number of amides is 3. The zero-order valence-corrected chi connectivity index (χ0v) is 22.7. The van der Waals surface area contributed by atoms with Gasteiger partial charge in [-0.1, -0.05) is 45.9 Å². The van der Waals surface area contributed by atoms with Gasteiger partial charge in [-0.2, -0.15) is 12.6 Å². The minimum Gasteiger partial charge on any atom is -0.480 e. The standard InChI is InChI=1S/C26H39N5O5S/c1-14(2)9-18(27)23(32)29-20(11-16-12-28-19-8-6-5-7-17(16)19)24(33)31-22(13-37)25(34)30-21(26(35)36)10-15(3)4/h5-8,12,14-15,18,20-22,28,37H,9-11,13,27H2,1-4H3,(H,29,32)(H,30,34)(H,31,33)(H,35,36). The number of aromatic nitrogens is 1. The van der Waals surface area contributed by atoms with Gasteiger partial charge in [0.15, 0.2) is 0 Å². The van der Waals surface area contributed by atoms with Gasteiger partial charge in [-0.3, -0.25) is 14.4 Å². The third kappa shape index (κ3) is 9.08. The van der Waals surface area contributed by atoms with E-state index in [1.165, 1.54) is 0 Å². The average molecular weight is 534 g/mol. The zero-order valence-electron chi connectivity index (χ0n) is 21.8. The molecule has 3 amide bonds. The molecule has 0 saturated carbocycles. The quantitative estimate of drug-likeness (QED) is 0.182. The molecule has 0 radical (unpaired) electrons. The molecule has 4 unspecified atom stereocenters. The first-order valence-electron chi connectivity index (χ1n) is 12.5. The summed E-state index contributed by atoms with van der Waals surface area (Å²) in [5, 5.41) is 18.2. The Morgan fingerprint density at radius 2 is 1.46 bits per heavy atom. The van der Waals surface area contributed by atoms with Crippen molar-refractivity contribution >= 4 is 47.2 Å². The van der Waals surface area contributed by atoms with Crippen LogP contribution in [0.25, 0.3) is 10.9 Å². The molecule has 11 heteroatoms. The number of nitrogens with two attached hydrogens (primary N) is 1. The van der Waals surface area contributed by atoms with Crippen LogP contribution in [0.3, 0.4) is 0 Å². The van der Waals surface area contributed by atoms with Crippen molar-refractivity contribution in [2.45, 2.75) is 71.1 Å². The Labute approximate surface area is 222 Å². The summed E-state index contributed by atoms with van der Waals surface area (Å²) in [5.41, 5.74) is 7.74. The van der Waals surface area contributed by atoms with Gasteiger partial charge in [-0.25, -0.2) is 4.79 Å². The lowest BCUT2D eigenvalue weighted by molar-refractivity contribution is -0.142. The van der Waals surface area contributed by atoms with Crippen LogP contribution in [-0.2, 0) is 25.6 Å². The Morgan fingerprint density at radius 3 is 2.05 bits per heavy atom. The number of carbonyl (C=O) groups is 4. The lowest BCUT2D eigenvalue weighted by Crippen LogP contribution is -2.58. The van der Waals surface area contributed by atoms with Crippen LogP contribution in [-0.4, -0.2) is 63.7 Å². The zero-order chi connectivity index (χ0) is 27.7. The summed E-state index contributed by atoms with van der Waals surface area (Å²) in [6, 6.07) is 3.57. The number of rotatable bonds is 14. The molecule has 1 aromatic heterocycles. The van der Waals surface area contributed by atoms with Crippen LogP contribution in [0.15, 0.2) is 30.5 Å². The first-order valence-corrected chi connectivity index (χ1v) is 13.1. The molecular formula is C26H39N5O5S. The molecule has 0 spiro atoms. The smallest absolute Gasteiger partial charge is 0.326 e. The minimum atomic E-state index is -1.16. The topological polar surface area (TPSA) is 166 Å². The normalized spacial score (nSPS) is 14.7. The van der Waals surface area contributed by atoms with Crippen LogP contribution in [0.4, 0.5) is 0 Å².